The van der Waals surface area contributed by atoms with E-state index in [4.69, 9.17) is 9.47 Å². The zero-order chi connectivity index (χ0) is 22.9. The summed E-state index contributed by atoms with van der Waals surface area (Å²) in [5.74, 6) is 0.453. The van der Waals surface area contributed by atoms with Crippen molar-refractivity contribution in [2.45, 2.75) is 56.5 Å². The van der Waals surface area contributed by atoms with Crippen LogP contribution < -0.4 is 9.47 Å². The topological polar surface area (TPSA) is 64.8 Å². The third-order valence-corrected chi connectivity index (χ3v) is 6.32. The Labute approximate surface area is 184 Å². The monoisotopic (exact) mass is 450 g/mol. The summed E-state index contributed by atoms with van der Waals surface area (Å²) >= 11 is 0. The van der Waals surface area contributed by atoms with Crippen molar-refractivity contribution in [2.24, 2.45) is 0 Å². The van der Waals surface area contributed by atoms with Gasteiger partial charge < -0.3 is 9.47 Å². The van der Waals surface area contributed by atoms with Gasteiger partial charge in [0.05, 0.1) is 10.5 Å². The third kappa shape index (κ3) is 4.82. The van der Waals surface area contributed by atoms with Crippen molar-refractivity contribution in [3.05, 3.63) is 64.2 Å². The summed E-state index contributed by atoms with van der Waals surface area (Å²) in [6, 6.07) is 11.9. The molecule has 0 saturated carbocycles. The van der Waals surface area contributed by atoms with Gasteiger partial charge in [-0.05, 0) is 44.0 Å². The number of fused-ring (bicyclic) bond motifs is 2. The number of halogens is 3. The molecule has 9 heteroatoms. The number of nitrogens with zero attached hydrogens (tertiary/aromatic N) is 2. The van der Waals surface area contributed by atoms with Gasteiger partial charge in [-0.15, -0.1) is 0 Å². The van der Waals surface area contributed by atoms with E-state index in [2.05, 4.69) is 4.90 Å². The Kier molecular flexibility index (Phi) is 6.03. The highest BCUT2D eigenvalue weighted by atomic mass is 19.4. The van der Waals surface area contributed by atoms with Crippen molar-refractivity contribution in [1.29, 1.82) is 0 Å². The van der Waals surface area contributed by atoms with Crippen LogP contribution in [0, 0.1) is 10.1 Å². The van der Waals surface area contributed by atoms with Crippen molar-refractivity contribution >= 4 is 5.69 Å². The summed E-state index contributed by atoms with van der Waals surface area (Å²) in [7, 11) is 0. The maximum absolute atomic E-state index is 13.2. The van der Waals surface area contributed by atoms with Crippen LogP contribution in [0.1, 0.15) is 38.2 Å². The van der Waals surface area contributed by atoms with Crippen LogP contribution in [0.25, 0.3) is 0 Å². The van der Waals surface area contributed by atoms with Crippen molar-refractivity contribution < 1.29 is 27.6 Å². The third-order valence-electron chi connectivity index (χ3n) is 6.32. The molecule has 2 aromatic rings. The molecule has 2 saturated heterocycles. The van der Waals surface area contributed by atoms with Gasteiger partial charge in [-0.3, -0.25) is 15.0 Å². The molecular weight excluding hydrogens is 425 g/mol. The Balaban J connectivity index is 1.35. The molecule has 2 aliphatic rings. The van der Waals surface area contributed by atoms with Gasteiger partial charge in [0.25, 0.3) is 5.69 Å². The van der Waals surface area contributed by atoms with E-state index in [0.29, 0.717) is 12.3 Å². The highest BCUT2D eigenvalue weighted by Gasteiger charge is 2.47. The Morgan fingerprint density at radius 2 is 1.72 bits per heavy atom. The SMILES string of the molecule is CC1(Oc2ccc([N+](=O)[O-])cc2)C[C@H]2CC[C@@H](C1)N2CCOc1ccccc1C(F)(F)F. The summed E-state index contributed by atoms with van der Waals surface area (Å²) < 4.78 is 51.2. The number of hydrogen-bond donors (Lipinski definition) is 0. The molecule has 2 heterocycles. The average Bonchev–Trinajstić information content (AvgIpc) is 2.98. The molecule has 0 N–H and O–H groups in total. The second-order valence-corrected chi connectivity index (χ2v) is 8.68. The molecule has 3 atom stereocenters. The number of rotatable bonds is 7. The van der Waals surface area contributed by atoms with Crippen molar-refractivity contribution in [3.8, 4) is 11.5 Å². The number of nitro groups is 1. The van der Waals surface area contributed by atoms with Crippen molar-refractivity contribution in [1.82, 2.24) is 4.90 Å². The highest BCUT2D eigenvalue weighted by molar-refractivity contribution is 5.37. The van der Waals surface area contributed by atoms with Crippen LogP contribution >= 0.6 is 0 Å². The number of piperidine rings is 1. The predicted molar refractivity (Wildman–Crippen MR) is 112 cm³/mol. The second-order valence-electron chi connectivity index (χ2n) is 8.68. The van der Waals surface area contributed by atoms with Crippen LogP contribution in [0.5, 0.6) is 11.5 Å². The maximum Gasteiger partial charge on any atom is 0.419 e. The maximum atomic E-state index is 13.2. The molecule has 0 spiro atoms. The van der Waals surface area contributed by atoms with Crippen molar-refractivity contribution in [3.63, 3.8) is 0 Å². The molecule has 1 unspecified atom stereocenters. The van der Waals surface area contributed by atoms with E-state index < -0.39 is 22.3 Å². The van der Waals surface area contributed by atoms with Crippen LogP contribution in [0.15, 0.2) is 48.5 Å². The minimum atomic E-state index is -4.45. The minimum absolute atomic E-state index is 0.0180. The summed E-state index contributed by atoms with van der Waals surface area (Å²) in [4.78, 5) is 12.7. The number of para-hydroxylation sites is 1. The predicted octanol–water partition coefficient (Wildman–Crippen LogP) is 5.46. The van der Waals surface area contributed by atoms with Crippen LogP contribution in [0.2, 0.25) is 0 Å². The molecule has 172 valence electrons. The first-order valence-corrected chi connectivity index (χ1v) is 10.6. The molecule has 32 heavy (non-hydrogen) atoms. The van der Waals surface area contributed by atoms with Gasteiger partial charge in [-0.2, -0.15) is 13.2 Å². The Morgan fingerprint density at radius 1 is 1.09 bits per heavy atom. The molecule has 6 nitrogen and oxygen atoms in total. The molecule has 2 aromatic carbocycles. The quantitative estimate of drug-likeness (QED) is 0.414. The molecular formula is C23H25F3N2O4. The minimum Gasteiger partial charge on any atom is -0.492 e. The van der Waals surface area contributed by atoms with E-state index in [1.165, 1.54) is 30.3 Å². The van der Waals surface area contributed by atoms with Gasteiger partial charge in [0.1, 0.15) is 23.7 Å². The van der Waals surface area contributed by atoms with E-state index in [-0.39, 0.29) is 30.1 Å². The number of ether oxygens (including phenoxy) is 2. The summed E-state index contributed by atoms with van der Waals surface area (Å²) in [6.07, 6.45) is -0.886. The van der Waals surface area contributed by atoms with E-state index in [0.717, 1.165) is 31.7 Å². The molecule has 4 rings (SSSR count). The number of alkyl halides is 3. The lowest BCUT2D eigenvalue weighted by atomic mass is 9.87. The van der Waals surface area contributed by atoms with Gasteiger partial charge in [0.15, 0.2) is 0 Å². The zero-order valence-corrected chi connectivity index (χ0v) is 17.7. The Hall–Kier alpha value is -2.81. The van der Waals surface area contributed by atoms with Gasteiger partial charge >= 0.3 is 6.18 Å². The number of nitro benzene ring substituents is 1. The first-order valence-electron chi connectivity index (χ1n) is 10.6. The van der Waals surface area contributed by atoms with Gasteiger partial charge in [0.2, 0.25) is 0 Å². The van der Waals surface area contributed by atoms with E-state index >= 15 is 0 Å². The zero-order valence-electron chi connectivity index (χ0n) is 17.7. The summed E-state index contributed by atoms with van der Waals surface area (Å²) in [5, 5.41) is 10.8. The van der Waals surface area contributed by atoms with Crippen LogP contribution in [-0.4, -0.2) is 40.7 Å². The molecule has 0 radical (unpaired) electrons. The molecule has 2 bridgehead atoms. The Morgan fingerprint density at radius 3 is 2.31 bits per heavy atom. The van der Waals surface area contributed by atoms with Gasteiger partial charge in [-0.25, -0.2) is 0 Å². The van der Waals surface area contributed by atoms with Crippen LogP contribution in [0.4, 0.5) is 18.9 Å². The fourth-order valence-electron chi connectivity index (χ4n) is 4.99. The lowest BCUT2D eigenvalue weighted by Crippen LogP contribution is -2.53. The van der Waals surface area contributed by atoms with Crippen LogP contribution in [0.3, 0.4) is 0 Å². The normalized spacial score (nSPS) is 25.5. The highest BCUT2D eigenvalue weighted by Crippen LogP contribution is 2.43. The average molecular weight is 450 g/mol. The summed E-state index contributed by atoms with van der Waals surface area (Å²) in [5.41, 5.74) is -1.14. The van der Waals surface area contributed by atoms with Crippen LogP contribution in [-0.2, 0) is 6.18 Å². The number of hydrogen-bond acceptors (Lipinski definition) is 5. The standard InChI is InChI=1S/C23H25F3N2O4/c1-22(32-19-10-8-16(9-11-19)28(29)30)14-17-6-7-18(15-22)27(17)12-13-31-21-5-3-2-4-20(21)23(24,25)26/h2-5,8-11,17-18H,6-7,12-15H2,1H3/t17-,18+,22?. The molecule has 0 aliphatic carbocycles. The van der Waals surface area contributed by atoms with E-state index in [9.17, 15) is 23.3 Å². The van der Waals surface area contributed by atoms with E-state index in [1.54, 1.807) is 12.1 Å². The largest absolute Gasteiger partial charge is 0.492 e. The lowest BCUT2D eigenvalue weighted by molar-refractivity contribution is -0.384. The molecule has 2 fully saturated rings. The van der Waals surface area contributed by atoms with Gasteiger partial charge in [-0.1, -0.05) is 12.1 Å². The number of benzene rings is 2. The molecule has 0 amide bonds. The van der Waals surface area contributed by atoms with Gasteiger partial charge in [0, 0.05) is 43.6 Å². The Bertz CT molecular complexity index is 950. The molecule has 2 aliphatic heterocycles. The van der Waals surface area contributed by atoms with Crippen molar-refractivity contribution in [2.75, 3.05) is 13.2 Å². The summed E-state index contributed by atoms with van der Waals surface area (Å²) in [6.45, 7) is 2.78. The van der Waals surface area contributed by atoms with E-state index in [1.807, 2.05) is 6.92 Å². The first kappa shape index (κ1) is 22.4. The smallest absolute Gasteiger partial charge is 0.419 e. The fraction of sp³-hybridized carbons (Fsp3) is 0.478. The lowest BCUT2D eigenvalue weighted by Gasteiger charge is -2.44. The fourth-order valence-corrected chi connectivity index (χ4v) is 4.99. The number of non-ortho nitro benzene ring substituents is 1. The first-order chi connectivity index (χ1) is 15.1. The second kappa shape index (κ2) is 8.61. The molecule has 0 aromatic heterocycles.